The number of amides is 1. The van der Waals surface area contributed by atoms with Crippen LogP contribution in [0.5, 0.6) is 0 Å². The van der Waals surface area contributed by atoms with Crippen LogP contribution in [0.25, 0.3) is 0 Å². The van der Waals surface area contributed by atoms with Crippen LogP contribution in [-0.2, 0) is 4.74 Å². The molecule has 5 heteroatoms. The van der Waals surface area contributed by atoms with Crippen molar-refractivity contribution in [2.24, 2.45) is 11.8 Å². The number of hydrogen-bond acceptors (Lipinski definition) is 4. The molecule has 110 valence electrons. The summed E-state index contributed by atoms with van der Waals surface area (Å²) in [5, 5.41) is 12.7. The highest BCUT2D eigenvalue weighted by Gasteiger charge is 2.31. The number of nitrogens with one attached hydrogen (secondary N) is 1. The molecule has 2 unspecified atom stereocenters. The van der Waals surface area contributed by atoms with Crippen molar-refractivity contribution < 1.29 is 14.6 Å². The molecule has 0 aromatic carbocycles. The Bertz CT molecular complexity index is 294. The van der Waals surface area contributed by atoms with Gasteiger partial charge in [0, 0.05) is 25.7 Å². The molecule has 0 radical (unpaired) electrons. The molecule has 0 aromatic rings. The maximum atomic E-state index is 11.9. The Morgan fingerprint density at radius 3 is 2.79 bits per heavy atom. The Hall–Kier alpha value is -0.810. The zero-order valence-corrected chi connectivity index (χ0v) is 11.8. The minimum atomic E-state index is -0.219. The SMILES string of the molecule is CCOC(=O)N1CC(CCO)CC(NCC2CC2)C1. The van der Waals surface area contributed by atoms with Gasteiger partial charge in [0.15, 0.2) is 0 Å². The number of carbonyl (C=O) groups is 1. The van der Waals surface area contributed by atoms with E-state index in [0.29, 0.717) is 25.1 Å². The minimum Gasteiger partial charge on any atom is -0.450 e. The summed E-state index contributed by atoms with van der Waals surface area (Å²) in [6.07, 6.45) is 4.26. The molecular weight excluding hydrogens is 244 g/mol. The standard InChI is InChI=1S/C14H26N2O3/c1-2-19-14(18)16-9-12(5-6-17)7-13(10-16)15-8-11-3-4-11/h11-13,15,17H,2-10H2,1H3. The topological polar surface area (TPSA) is 61.8 Å². The first kappa shape index (κ1) is 14.6. The fraction of sp³-hybridized carbons (Fsp3) is 0.929. The molecule has 1 saturated heterocycles. The third kappa shape index (κ3) is 4.66. The monoisotopic (exact) mass is 270 g/mol. The van der Waals surface area contributed by atoms with Crippen LogP contribution in [0.3, 0.4) is 0 Å². The van der Waals surface area contributed by atoms with E-state index in [1.807, 2.05) is 6.92 Å². The van der Waals surface area contributed by atoms with Crippen LogP contribution in [0.2, 0.25) is 0 Å². The highest BCUT2D eigenvalue weighted by Crippen LogP contribution is 2.28. The van der Waals surface area contributed by atoms with E-state index in [4.69, 9.17) is 9.84 Å². The zero-order chi connectivity index (χ0) is 13.7. The van der Waals surface area contributed by atoms with E-state index in [9.17, 15) is 4.79 Å². The molecule has 1 aliphatic heterocycles. The van der Waals surface area contributed by atoms with Crippen molar-refractivity contribution in [3.63, 3.8) is 0 Å². The maximum Gasteiger partial charge on any atom is 0.409 e. The van der Waals surface area contributed by atoms with Gasteiger partial charge in [-0.05, 0) is 51.0 Å². The fourth-order valence-corrected chi connectivity index (χ4v) is 2.76. The lowest BCUT2D eigenvalue weighted by atomic mass is 9.92. The van der Waals surface area contributed by atoms with Gasteiger partial charge in [0.25, 0.3) is 0 Å². The van der Waals surface area contributed by atoms with Gasteiger partial charge in [-0.2, -0.15) is 0 Å². The van der Waals surface area contributed by atoms with E-state index in [2.05, 4.69) is 5.32 Å². The van der Waals surface area contributed by atoms with Crippen LogP contribution in [0, 0.1) is 11.8 Å². The van der Waals surface area contributed by atoms with Crippen molar-refractivity contribution in [1.82, 2.24) is 10.2 Å². The number of nitrogens with zero attached hydrogens (tertiary/aromatic N) is 1. The molecule has 2 aliphatic rings. The zero-order valence-electron chi connectivity index (χ0n) is 11.8. The average molecular weight is 270 g/mol. The van der Waals surface area contributed by atoms with Crippen molar-refractivity contribution in [2.75, 3.05) is 32.8 Å². The first-order valence-corrected chi connectivity index (χ1v) is 7.48. The van der Waals surface area contributed by atoms with Gasteiger partial charge in [-0.25, -0.2) is 4.79 Å². The molecule has 2 rings (SSSR count). The summed E-state index contributed by atoms with van der Waals surface area (Å²) in [6.45, 7) is 4.94. The van der Waals surface area contributed by atoms with Crippen LogP contribution in [0.1, 0.15) is 32.6 Å². The minimum absolute atomic E-state index is 0.191. The van der Waals surface area contributed by atoms with Crippen LogP contribution in [-0.4, -0.2) is 55.0 Å². The Kier molecular flexibility index (Phi) is 5.45. The van der Waals surface area contributed by atoms with E-state index < -0.39 is 0 Å². The predicted octanol–water partition coefficient (Wildman–Crippen LogP) is 1.22. The second kappa shape index (κ2) is 7.10. The van der Waals surface area contributed by atoms with Crippen LogP contribution in [0.4, 0.5) is 4.79 Å². The number of aliphatic hydroxyl groups is 1. The molecule has 2 atom stereocenters. The molecule has 0 spiro atoms. The molecule has 1 aliphatic carbocycles. The van der Waals surface area contributed by atoms with E-state index in [1.165, 1.54) is 12.8 Å². The molecule has 1 amide bonds. The molecule has 5 nitrogen and oxygen atoms in total. The van der Waals surface area contributed by atoms with Gasteiger partial charge in [0.2, 0.25) is 0 Å². The molecule has 2 fully saturated rings. The molecule has 2 N–H and O–H groups in total. The van der Waals surface area contributed by atoms with Crippen molar-refractivity contribution in [3.8, 4) is 0 Å². The third-order valence-corrected chi connectivity index (χ3v) is 3.99. The molecule has 0 bridgehead atoms. The Labute approximate surface area is 115 Å². The molecule has 1 heterocycles. The summed E-state index contributed by atoms with van der Waals surface area (Å²) >= 11 is 0. The van der Waals surface area contributed by atoms with E-state index >= 15 is 0 Å². The smallest absolute Gasteiger partial charge is 0.409 e. The highest BCUT2D eigenvalue weighted by molar-refractivity contribution is 5.67. The van der Waals surface area contributed by atoms with E-state index in [-0.39, 0.29) is 12.7 Å². The number of piperidine rings is 1. The number of carbonyl (C=O) groups excluding carboxylic acids is 1. The Morgan fingerprint density at radius 2 is 2.16 bits per heavy atom. The highest BCUT2D eigenvalue weighted by atomic mass is 16.6. The third-order valence-electron chi connectivity index (χ3n) is 3.99. The molecular formula is C14H26N2O3. The summed E-state index contributed by atoms with van der Waals surface area (Å²) in [5.74, 6) is 1.22. The first-order valence-electron chi connectivity index (χ1n) is 7.48. The van der Waals surface area contributed by atoms with Gasteiger partial charge < -0.3 is 20.1 Å². The second-order valence-corrected chi connectivity index (χ2v) is 5.77. The lowest BCUT2D eigenvalue weighted by Crippen LogP contribution is -2.51. The molecule has 0 aromatic heterocycles. The number of rotatable bonds is 6. The summed E-state index contributed by atoms with van der Waals surface area (Å²) in [5.41, 5.74) is 0. The number of hydrogen-bond donors (Lipinski definition) is 2. The van der Waals surface area contributed by atoms with Gasteiger partial charge in [0.05, 0.1) is 6.61 Å². The lowest BCUT2D eigenvalue weighted by molar-refractivity contribution is 0.0733. The molecule has 19 heavy (non-hydrogen) atoms. The lowest BCUT2D eigenvalue weighted by Gasteiger charge is -2.37. The van der Waals surface area contributed by atoms with Gasteiger partial charge in [-0.3, -0.25) is 0 Å². The number of ether oxygens (including phenoxy) is 1. The van der Waals surface area contributed by atoms with Crippen molar-refractivity contribution in [3.05, 3.63) is 0 Å². The quantitative estimate of drug-likeness (QED) is 0.762. The fourth-order valence-electron chi connectivity index (χ4n) is 2.76. The largest absolute Gasteiger partial charge is 0.450 e. The van der Waals surface area contributed by atoms with Crippen molar-refractivity contribution in [1.29, 1.82) is 0 Å². The van der Waals surface area contributed by atoms with Gasteiger partial charge in [-0.15, -0.1) is 0 Å². The van der Waals surface area contributed by atoms with Gasteiger partial charge in [0.1, 0.15) is 0 Å². The summed E-state index contributed by atoms with van der Waals surface area (Å²) in [4.78, 5) is 13.6. The number of likely N-dealkylation sites (tertiary alicyclic amines) is 1. The van der Waals surface area contributed by atoms with Gasteiger partial charge >= 0.3 is 6.09 Å². The average Bonchev–Trinajstić information content (AvgIpc) is 3.21. The van der Waals surface area contributed by atoms with Crippen LogP contribution < -0.4 is 5.32 Å². The Morgan fingerprint density at radius 1 is 1.37 bits per heavy atom. The maximum absolute atomic E-state index is 11.9. The summed E-state index contributed by atoms with van der Waals surface area (Å²) in [6, 6.07) is 0.343. The number of aliphatic hydroxyl groups excluding tert-OH is 1. The van der Waals surface area contributed by atoms with E-state index in [1.54, 1.807) is 4.90 Å². The second-order valence-electron chi connectivity index (χ2n) is 5.77. The molecule has 1 saturated carbocycles. The normalized spacial score (nSPS) is 27.4. The van der Waals surface area contributed by atoms with Crippen LogP contribution in [0.15, 0.2) is 0 Å². The predicted molar refractivity (Wildman–Crippen MR) is 72.9 cm³/mol. The van der Waals surface area contributed by atoms with Crippen LogP contribution >= 0.6 is 0 Å². The first-order chi connectivity index (χ1) is 9.22. The summed E-state index contributed by atoms with van der Waals surface area (Å²) < 4.78 is 5.09. The van der Waals surface area contributed by atoms with Gasteiger partial charge in [-0.1, -0.05) is 0 Å². The van der Waals surface area contributed by atoms with Crippen molar-refractivity contribution in [2.45, 2.75) is 38.6 Å². The van der Waals surface area contributed by atoms with E-state index in [0.717, 1.165) is 31.8 Å². The summed E-state index contributed by atoms with van der Waals surface area (Å²) in [7, 11) is 0. The Balaban J connectivity index is 1.85. The van der Waals surface area contributed by atoms with Crippen molar-refractivity contribution >= 4 is 6.09 Å².